The number of hydrogen-bond donors (Lipinski definition) is 1. The molecule has 3 aromatic rings. The fourth-order valence-electron chi connectivity index (χ4n) is 2.45. The maximum Gasteiger partial charge on any atom is 0.270 e. The summed E-state index contributed by atoms with van der Waals surface area (Å²) in [4.78, 5) is 16.7. The number of rotatable bonds is 6. The van der Waals surface area contributed by atoms with Gasteiger partial charge in [0, 0.05) is 33.4 Å². The standard InChI is InChI=1S/C19H15Cl3N2OS/c20-14-5-2-1-4-12(14)8-9-23-19(25)17-11-26-18(24-17)10-13-15(21)6-3-7-16(13)22/h1-7,11H,8-10H2,(H,23,25). The van der Waals surface area contributed by atoms with E-state index in [0.29, 0.717) is 40.1 Å². The lowest BCUT2D eigenvalue weighted by Gasteiger charge is -2.05. The molecule has 3 nitrogen and oxygen atoms in total. The van der Waals surface area contributed by atoms with E-state index >= 15 is 0 Å². The summed E-state index contributed by atoms with van der Waals surface area (Å²) >= 11 is 19.9. The molecule has 0 aliphatic carbocycles. The highest BCUT2D eigenvalue weighted by atomic mass is 35.5. The number of amides is 1. The normalized spacial score (nSPS) is 10.7. The molecule has 1 aromatic heterocycles. The minimum absolute atomic E-state index is 0.204. The molecular weight excluding hydrogens is 411 g/mol. The Labute approximate surface area is 170 Å². The van der Waals surface area contributed by atoms with Gasteiger partial charge in [-0.15, -0.1) is 11.3 Å². The van der Waals surface area contributed by atoms with Crippen LogP contribution in [0.4, 0.5) is 0 Å². The van der Waals surface area contributed by atoms with E-state index in [1.165, 1.54) is 11.3 Å². The molecule has 0 atom stereocenters. The van der Waals surface area contributed by atoms with Crippen LogP contribution in [0.2, 0.25) is 15.1 Å². The summed E-state index contributed by atoms with van der Waals surface area (Å²) < 4.78 is 0. The molecular formula is C19H15Cl3N2OS. The molecule has 1 heterocycles. The van der Waals surface area contributed by atoms with Gasteiger partial charge in [-0.05, 0) is 35.7 Å². The molecule has 0 fully saturated rings. The summed E-state index contributed by atoms with van der Waals surface area (Å²) in [7, 11) is 0. The van der Waals surface area contributed by atoms with Gasteiger partial charge in [0.05, 0.1) is 5.01 Å². The Balaban J connectivity index is 1.59. The van der Waals surface area contributed by atoms with Gasteiger partial charge in [-0.1, -0.05) is 59.1 Å². The van der Waals surface area contributed by atoms with Crippen molar-refractivity contribution in [2.24, 2.45) is 0 Å². The largest absolute Gasteiger partial charge is 0.350 e. The highest BCUT2D eigenvalue weighted by molar-refractivity contribution is 7.09. The Kier molecular flexibility index (Phi) is 6.54. The average Bonchev–Trinajstić information content (AvgIpc) is 3.09. The number of carbonyl (C=O) groups excluding carboxylic acids is 1. The maximum atomic E-state index is 12.3. The van der Waals surface area contributed by atoms with Crippen LogP contribution in [0.25, 0.3) is 0 Å². The van der Waals surface area contributed by atoms with E-state index in [4.69, 9.17) is 34.8 Å². The summed E-state index contributed by atoms with van der Waals surface area (Å²) in [5.41, 5.74) is 2.21. The SMILES string of the molecule is O=C(NCCc1ccccc1Cl)c1csc(Cc2c(Cl)cccc2Cl)n1. The van der Waals surface area contributed by atoms with E-state index in [1.54, 1.807) is 23.6 Å². The lowest BCUT2D eigenvalue weighted by atomic mass is 10.1. The van der Waals surface area contributed by atoms with E-state index < -0.39 is 0 Å². The monoisotopic (exact) mass is 424 g/mol. The van der Waals surface area contributed by atoms with Gasteiger partial charge in [-0.2, -0.15) is 0 Å². The topological polar surface area (TPSA) is 42.0 Å². The number of nitrogens with zero attached hydrogens (tertiary/aromatic N) is 1. The molecule has 2 aromatic carbocycles. The third kappa shape index (κ3) is 4.77. The maximum absolute atomic E-state index is 12.3. The number of nitrogens with one attached hydrogen (secondary N) is 1. The first kappa shape index (κ1) is 19.2. The van der Waals surface area contributed by atoms with Crippen LogP contribution in [0.3, 0.4) is 0 Å². The summed E-state index contributed by atoms with van der Waals surface area (Å²) in [6.07, 6.45) is 1.16. The minimum atomic E-state index is -0.204. The van der Waals surface area contributed by atoms with Gasteiger partial charge in [0.2, 0.25) is 0 Å². The van der Waals surface area contributed by atoms with Gasteiger partial charge in [-0.3, -0.25) is 4.79 Å². The zero-order valence-corrected chi connectivity index (χ0v) is 16.7. The van der Waals surface area contributed by atoms with E-state index in [9.17, 15) is 4.79 Å². The lowest BCUT2D eigenvalue weighted by Crippen LogP contribution is -2.26. The van der Waals surface area contributed by atoms with Crippen molar-refractivity contribution >= 4 is 52.0 Å². The van der Waals surface area contributed by atoms with Gasteiger partial charge >= 0.3 is 0 Å². The zero-order chi connectivity index (χ0) is 18.5. The van der Waals surface area contributed by atoms with E-state index in [-0.39, 0.29) is 5.91 Å². The van der Waals surface area contributed by atoms with Crippen LogP contribution < -0.4 is 5.32 Å². The molecule has 26 heavy (non-hydrogen) atoms. The van der Waals surface area contributed by atoms with Gasteiger partial charge in [0.25, 0.3) is 5.91 Å². The summed E-state index contributed by atoms with van der Waals surface area (Å²) in [5.74, 6) is -0.204. The predicted molar refractivity (Wildman–Crippen MR) is 109 cm³/mol. The number of benzene rings is 2. The first-order chi connectivity index (χ1) is 12.5. The van der Waals surface area contributed by atoms with Gasteiger partial charge in [0.1, 0.15) is 5.69 Å². The van der Waals surface area contributed by atoms with Crippen LogP contribution in [0.15, 0.2) is 47.8 Å². The molecule has 7 heteroatoms. The third-order valence-electron chi connectivity index (χ3n) is 3.81. The second-order valence-electron chi connectivity index (χ2n) is 5.60. The smallest absolute Gasteiger partial charge is 0.270 e. The highest BCUT2D eigenvalue weighted by Crippen LogP contribution is 2.27. The van der Waals surface area contributed by atoms with Crippen molar-refractivity contribution < 1.29 is 4.79 Å². The van der Waals surface area contributed by atoms with Gasteiger partial charge in [0.15, 0.2) is 0 Å². The Morgan fingerprint density at radius 3 is 2.42 bits per heavy atom. The highest BCUT2D eigenvalue weighted by Gasteiger charge is 2.13. The fourth-order valence-corrected chi connectivity index (χ4v) is 4.00. The van der Waals surface area contributed by atoms with Crippen molar-refractivity contribution in [2.45, 2.75) is 12.8 Å². The van der Waals surface area contributed by atoms with Gasteiger partial charge < -0.3 is 5.32 Å². The Hall–Kier alpha value is -1.59. The molecule has 0 saturated heterocycles. The molecule has 0 bridgehead atoms. The molecule has 3 rings (SSSR count). The van der Waals surface area contributed by atoms with Crippen LogP contribution in [0.1, 0.15) is 26.6 Å². The molecule has 0 unspecified atom stereocenters. The molecule has 0 aliphatic heterocycles. The molecule has 1 N–H and O–H groups in total. The molecule has 0 radical (unpaired) electrons. The summed E-state index contributed by atoms with van der Waals surface area (Å²) in [6, 6.07) is 13.0. The Morgan fingerprint density at radius 1 is 1.00 bits per heavy atom. The number of carbonyl (C=O) groups is 1. The third-order valence-corrected chi connectivity index (χ3v) is 5.74. The number of aromatic nitrogens is 1. The number of hydrogen-bond acceptors (Lipinski definition) is 3. The van der Waals surface area contributed by atoms with Crippen LogP contribution >= 0.6 is 46.1 Å². The van der Waals surface area contributed by atoms with Crippen molar-refractivity contribution in [1.29, 1.82) is 0 Å². The Morgan fingerprint density at radius 2 is 1.69 bits per heavy atom. The zero-order valence-electron chi connectivity index (χ0n) is 13.6. The van der Waals surface area contributed by atoms with Crippen LogP contribution in [-0.2, 0) is 12.8 Å². The predicted octanol–water partition coefficient (Wildman–Crippen LogP) is 5.67. The lowest BCUT2D eigenvalue weighted by molar-refractivity contribution is 0.0949. The van der Waals surface area contributed by atoms with Crippen LogP contribution in [0, 0.1) is 0 Å². The quantitative estimate of drug-likeness (QED) is 0.553. The van der Waals surface area contributed by atoms with Gasteiger partial charge in [-0.25, -0.2) is 4.98 Å². The van der Waals surface area contributed by atoms with Crippen molar-refractivity contribution in [2.75, 3.05) is 6.54 Å². The summed E-state index contributed by atoms with van der Waals surface area (Å²) in [6.45, 7) is 0.492. The van der Waals surface area contributed by atoms with E-state index in [2.05, 4.69) is 10.3 Å². The number of halogens is 3. The molecule has 1 amide bonds. The van der Waals surface area contributed by atoms with Crippen molar-refractivity contribution in [3.05, 3.63) is 84.7 Å². The molecule has 0 aliphatic rings. The fraction of sp³-hybridized carbons (Fsp3) is 0.158. The molecule has 0 spiro atoms. The molecule has 0 saturated carbocycles. The number of thiazole rings is 1. The first-order valence-electron chi connectivity index (χ1n) is 7.93. The second-order valence-corrected chi connectivity index (χ2v) is 7.77. The van der Waals surface area contributed by atoms with Crippen LogP contribution in [0.5, 0.6) is 0 Å². The molecule has 134 valence electrons. The van der Waals surface area contributed by atoms with Crippen molar-refractivity contribution in [1.82, 2.24) is 10.3 Å². The first-order valence-corrected chi connectivity index (χ1v) is 9.95. The minimum Gasteiger partial charge on any atom is -0.350 e. The van der Waals surface area contributed by atoms with E-state index in [0.717, 1.165) is 16.1 Å². The van der Waals surface area contributed by atoms with E-state index in [1.807, 2.05) is 24.3 Å². The second kappa shape index (κ2) is 8.87. The Bertz CT molecular complexity index is 906. The summed E-state index contributed by atoms with van der Waals surface area (Å²) in [5, 5.41) is 7.29. The van der Waals surface area contributed by atoms with Crippen molar-refractivity contribution in [3.8, 4) is 0 Å². The van der Waals surface area contributed by atoms with Crippen LogP contribution in [-0.4, -0.2) is 17.4 Å². The van der Waals surface area contributed by atoms with Crippen molar-refractivity contribution in [3.63, 3.8) is 0 Å². The average molecular weight is 426 g/mol.